The molecule has 1 aromatic carbocycles. The van der Waals surface area contributed by atoms with E-state index in [9.17, 15) is 0 Å². The number of hydrogen-bond acceptors (Lipinski definition) is 3. The van der Waals surface area contributed by atoms with Gasteiger partial charge in [0.05, 0.1) is 18.6 Å². The molecule has 0 saturated carbocycles. The van der Waals surface area contributed by atoms with Crippen LogP contribution in [0.3, 0.4) is 0 Å². The molecule has 1 aromatic heterocycles. The van der Waals surface area contributed by atoms with E-state index in [1.165, 1.54) is 11.3 Å². The van der Waals surface area contributed by atoms with Crippen molar-refractivity contribution in [3.05, 3.63) is 47.5 Å². The van der Waals surface area contributed by atoms with E-state index in [1.807, 2.05) is 32.2 Å². The van der Waals surface area contributed by atoms with Gasteiger partial charge in [-0.15, -0.1) is 0 Å². The van der Waals surface area contributed by atoms with Crippen molar-refractivity contribution in [2.75, 3.05) is 11.4 Å². The lowest BCUT2D eigenvalue weighted by molar-refractivity contribution is 0.819. The molecular weight excluding hydrogens is 250 g/mol. The number of rotatable bonds is 3. The van der Waals surface area contributed by atoms with Crippen molar-refractivity contribution in [2.45, 2.75) is 26.8 Å². The van der Waals surface area contributed by atoms with Crippen LogP contribution in [-0.2, 0) is 13.0 Å². The molecule has 0 bridgehead atoms. The Balaban J connectivity index is 0.000000704. The van der Waals surface area contributed by atoms with Crippen molar-refractivity contribution in [3.63, 3.8) is 0 Å². The molecule has 0 aliphatic carbocycles. The maximum Gasteiger partial charge on any atom is 0.122 e. The number of anilines is 1. The molecule has 20 heavy (non-hydrogen) atoms. The van der Waals surface area contributed by atoms with Gasteiger partial charge in [-0.1, -0.05) is 26.0 Å². The number of fused-ring (bicyclic) bond motifs is 1. The van der Waals surface area contributed by atoms with Crippen LogP contribution in [0.15, 0.2) is 30.7 Å². The summed E-state index contributed by atoms with van der Waals surface area (Å²) in [5, 5.41) is 7.50. The van der Waals surface area contributed by atoms with Gasteiger partial charge in [-0.3, -0.25) is 5.41 Å². The SMILES string of the molecule is CC.N=C(N)c1ccc2c(c1)N(Cc1cnc[nH]1)CC2. The monoisotopic (exact) mass is 271 g/mol. The van der Waals surface area contributed by atoms with E-state index in [-0.39, 0.29) is 5.84 Å². The largest absolute Gasteiger partial charge is 0.384 e. The fourth-order valence-corrected chi connectivity index (χ4v) is 2.35. The average Bonchev–Trinajstić information content (AvgIpc) is 3.11. The van der Waals surface area contributed by atoms with Crippen molar-refractivity contribution < 1.29 is 0 Å². The molecule has 1 aliphatic rings. The van der Waals surface area contributed by atoms with E-state index in [4.69, 9.17) is 11.1 Å². The van der Waals surface area contributed by atoms with Gasteiger partial charge in [-0.25, -0.2) is 4.98 Å². The summed E-state index contributed by atoms with van der Waals surface area (Å²) in [5.74, 6) is 0.117. The normalized spacial score (nSPS) is 12.6. The maximum atomic E-state index is 7.50. The zero-order valence-corrected chi connectivity index (χ0v) is 12.0. The third kappa shape index (κ3) is 2.82. The Labute approximate surface area is 119 Å². The highest BCUT2D eigenvalue weighted by atomic mass is 15.2. The van der Waals surface area contributed by atoms with E-state index in [1.54, 1.807) is 6.33 Å². The first kappa shape index (κ1) is 14.1. The Bertz CT molecular complexity index is 574. The summed E-state index contributed by atoms with van der Waals surface area (Å²) < 4.78 is 0. The molecule has 0 spiro atoms. The maximum absolute atomic E-state index is 7.50. The molecule has 0 unspecified atom stereocenters. The Kier molecular flexibility index (Phi) is 4.40. The predicted molar refractivity (Wildman–Crippen MR) is 82.1 cm³/mol. The summed E-state index contributed by atoms with van der Waals surface area (Å²) in [5.41, 5.74) is 9.91. The van der Waals surface area contributed by atoms with Crippen LogP contribution in [-0.4, -0.2) is 22.3 Å². The van der Waals surface area contributed by atoms with Gasteiger partial charge in [0.1, 0.15) is 5.84 Å². The van der Waals surface area contributed by atoms with E-state index < -0.39 is 0 Å². The van der Waals surface area contributed by atoms with Crippen molar-refractivity contribution >= 4 is 11.5 Å². The van der Waals surface area contributed by atoms with Crippen molar-refractivity contribution in [1.29, 1.82) is 5.41 Å². The van der Waals surface area contributed by atoms with Crippen LogP contribution in [0, 0.1) is 5.41 Å². The van der Waals surface area contributed by atoms with Crippen LogP contribution in [0.1, 0.15) is 30.7 Å². The molecule has 5 heteroatoms. The van der Waals surface area contributed by atoms with Crippen molar-refractivity contribution in [2.24, 2.45) is 5.73 Å². The Morgan fingerprint density at radius 1 is 1.45 bits per heavy atom. The van der Waals surface area contributed by atoms with Crippen molar-refractivity contribution in [3.8, 4) is 0 Å². The second-order valence-electron chi connectivity index (χ2n) is 4.51. The smallest absolute Gasteiger partial charge is 0.122 e. The molecule has 1 aliphatic heterocycles. The van der Waals surface area contributed by atoms with Gasteiger partial charge in [0.15, 0.2) is 0 Å². The first-order valence-corrected chi connectivity index (χ1v) is 6.93. The molecule has 3 rings (SSSR count). The zero-order chi connectivity index (χ0) is 14.5. The Morgan fingerprint density at radius 2 is 2.25 bits per heavy atom. The third-order valence-corrected chi connectivity index (χ3v) is 3.30. The summed E-state index contributed by atoms with van der Waals surface area (Å²) in [6, 6.07) is 5.99. The third-order valence-electron chi connectivity index (χ3n) is 3.30. The number of nitrogens with one attached hydrogen (secondary N) is 2. The Hall–Kier alpha value is -2.30. The number of amidine groups is 1. The fraction of sp³-hybridized carbons (Fsp3) is 0.333. The molecule has 2 heterocycles. The van der Waals surface area contributed by atoms with Crippen LogP contribution in [0.2, 0.25) is 0 Å². The number of hydrogen-bond donors (Lipinski definition) is 3. The number of nitrogen functional groups attached to an aromatic ring is 1. The summed E-state index contributed by atoms with van der Waals surface area (Å²) in [6.07, 6.45) is 4.58. The number of imidazole rings is 1. The minimum Gasteiger partial charge on any atom is -0.384 e. The van der Waals surface area contributed by atoms with E-state index in [0.717, 1.165) is 30.8 Å². The lowest BCUT2D eigenvalue weighted by Crippen LogP contribution is -2.20. The minimum absolute atomic E-state index is 0.117. The first-order valence-electron chi connectivity index (χ1n) is 6.93. The van der Waals surface area contributed by atoms with Crippen LogP contribution < -0.4 is 10.6 Å². The van der Waals surface area contributed by atoms with Gasteiger partial charge in [0.2, 0.25) is 0 Å². The highest BCUT2D eigenvalue weighted by Gasteiger charge is 2.20. The molecule has 2 aromatic rings. The summed E-state index contributed by atoms with van der Waals surface area (Å²) in [6.45, 7) is 5.81. The van der Waals surface area contributed by atoms with Gasteiger partial charge in [0.25, 0.3) is 0 Å². The lowest BCUT2D eigenvalue weighted by atomic mass is 10.1. The summed E-state index contributed by atoms with van der Waals surface area (Å²) in [4.78, 5) is 9.43. The highest BCUT2D eigenvalue weighted by Crippen LogP contribution is 2.29. The number of nitrogens with two attached hydrogens (primary N) is 1. The number of aromatic amines is 1. The fourth-order valence-electron chi connectivity index (χ4n) is 2.35. The van der Waals surface area contributed by atoms with Gasteiger partial charge < -0.3 is 15.6 Å². The molecule has 0 saturated heterocycles. The molecule has 0 radical (unpaired) electrons. The highest BCUT2D eigenvalue weighted by molar-refractivity contribution is 5.96. The second-order valence-corrected chi connectivity index (χ2v) is 4.51. The second kappa shape index (κ2) is 6.23. The molecule has 4 N–H and O–H groups in total. The van der Waals surface area contributed by atoms with E-state index in [0.29, 0.717) is 0 Å². The number of H-pyrrole nitrogens is 1. The van der Waals surface area contributed by atoms with Crippen LogP contribution in [0.5, 0.6) is 0 Å². The van der Waals surface area contributed by atoms with Gasteiger partial charge in [-0.2, -0.15) is 0 Å². The number of nitrogens with zero attached hydrogens (tertiary/aromatic N) is 2. The number of aromatic nitrogens is 2. The predicted octanol–water partition coefficient (Wildman–Crippen LogP) is 2.28. The molecule has 5 nitrogen and oxygen atoms in total. The Morgan fingerprint density at radius 3 is 2.90 bits per heavy atom. The van der Waals surface area contributed by atoms with Gasteiger partial charge in [-0.05, 0) is 18.1 Å². The molecule has 106 valence electrons. The van der Waals surface area contributed by atoms with E-state index >= 15 is 0 Å². The van der Waals surface area contributed by atoms with E-state index in [2.05, 4.69) is 20.9 Å². The van der Waals surface area contributed by atoms with Gasteiger partial charge >= 0.3 is 0 Å². The summed E-state index contributed by atoms with van der Waals surface area (Å²) in [7, 11) is 0. The quantitative estimate of drug-likeness (QED) is 0.591. The van der Waals surface area contributed by atoms with Crippen LogP contribution in [0.4, 0.5) is 5.69 Å². The zero-order valence-electron chi connectivity index (χ0n) is 12.0. The molecule has 0 fully saturated rings. The molecule has 0 amide bonds. The molecule has 0 atom stereocenters. The van der Waals surface area contributed by atoms with Crippen molar-refractivity contribution in [1.82, 2.24) is 9.97 Å². The molecular formula is C15H21N5. The average molecular weight is 271 g/mol. The van der Waals surface area contributed by atoms with Crippen LogP contribution >= 0.6 is 0 Å². The van der Waals surface area contributed by atoms with Crippen LogP contribution in [0.25, 0.3) is 0 Å². The van der Waals surface area contributed by atoms with Gasteiger partial charge in [0, 0.05) is 24.0 Å². The lowest BCUT2D eigenvalue weighted by Gasteiger charge is -2.18. The minimum atomic E-state index is 0.117. The summed E-state index contributed by atoms with van der Waals surface area (Å²) >= 11 is 0. The number of benzene rings is 1. The first-order chi connectivity index (χ1) is 9.74. The topological polar surface area (TPSA) is 81.8 Å². The standard InChI is InChI=1S/C13H15N5.C2H6/c14-13(15)10-2-1-9-3-4-18(12(9)5-10)7-11-6-16-8-17-11;1-2/h1-2,5-6,8H,3-4,7H2,(H3,14,15)(H,16,17);1-2H3.